The number of benzene rings is 4. The molecule has 2 fully saturated rings. The Morgan fingerprint density at radius 2 is 1.14 bits per heavy atom. The minimum atomic E-state index is -0.833. The van der Waals surface area contributed by atoms with E-state index in [1.165, 1.54) is 30.4 Å². The number of likely N-dealkylation sites (tertiary alicyclic amines) is 1. The highest BCUT2D eigenvalue weighted by atomic mass is 16.5. The van der Waals surface area contributed by atoms with Crippen LogP contribution < -0.4 is 40.8 Å². The van der Waals surface area contributed by atoms with Gasteiger partial charge in [-0.05, 0) is 107 Å². The van der Waals surface area contributed by atoms with Gasteiger partial charge in [-0.2, -0.15) is 10.2 Å². The lowest BCUT2D eigenvalue weighted by Crippen LogP contribution is -2.65. The summed E-state index contributed by atoms with van der Waals surface area (Å²) in [6.45, 7) is 16.1. The molecule has 0 aromatic heterocycles. The second kappa shape index (κ2) is 17.3. The van der Waals surface area contributed by atoms with Gasteiger partial charge < -0.3 is 35.0 Å². The highest BCUT2D eigenvalue weighted by Gasteiger charge is 2.44. The fourth-order valence-electron chi connectivity index (χ4n) is 9.09. The number of carbonyl (C=O) groups is 3. The summed E-state index contributed by atoms with van der Waals surface area (Å²) in [5.41, 5.74) is 14.1. The molecule has 0 radical (unpaired) electrons. The van der Waals surface area contributed by atoms with Gasteiger partial charge in [0, 0.05) is 36.9 Å². The van der Waals surface area contributed by atoms with Gasteiger partial charge >= 0.3 is 0 Å². The number of anilines is 4. The van der Waals surface area contributed by atoms with Crippen molar-refractivity contribution >= 4 is 52.2 Å². The average molecular weight is 856 g/mol. The fraction of sp³-hybridized carbons (Fsp3) is 0.396. The molecule has 0 bridgehead atoms. The number of aryl methyl sites for hydroxylation is 2. The van der Waals surface area contributed by atoms with E-state index < -0.39 is 5.97 Å². The number of nitrogens with one attached hydrogen (secondary N) is 4. The topological polar surface area (TPSA) is 172 Å². The van der Waals surface area contributed by atoms with E-state index in [1.807, 2.05) is 23.6 Å². The quantitative estimate of drug-likeness (QED) is 0.133. The van der Waals surface area contributed by atoms with Crippen molar-refractivity contribution in [3.63, 3.8) is 0 Å². The molecule has 330 valence electrons. The van der Waals surface area contributed by atoms with Gasteiger partial charge in [-0.3, -0.25) is 19.3 Å². The molecule has 10 rings (SSSR count). The molecule has 5 aliphatic heterocycles. The molecule has 1 saturated heterocycles. The van der Waals surface area contributed by atoms with Crippen LogP contribution in [0, 0.1) is 13.8 Å². The first-order valence-corrected chi connectivity index (χ1v) is 21.6. The van der Waals surface area contributed by atoms with Gasteiger partial charge in [-0.25, -0.2) is 10.9 Å². The van der Waals surface area contributed by atoms with Gasteiger partial charge in [0.25, 0.3) is 17.8 Å². The smallest absolute Gasteiger partial charge is 0.300 e. The monoisotopic (exact) mass is 855 g/mol. The number of rotatable bonds is 7. The molecule has 4 aromatic carbocycles. The summed E-state index contributed by atoms with van der Waals surface area (Å²) < 4.78 is 11.8. The van der Waals surface area contributed by atoms with Gasteiger partial charge in [0.05, 0.1) is 23.0 Å². The molecule has 63 heavy (non-hydrogen) atoms. The van der Waals surface area contributed by atoms with Crippen LogP contribution in [0.25, 0.3) is 0 Å². The summed E-state index contributed by atoms with van der Waals surface area (Å²) in [6, 6.07) is 29.3. The van der Waals surface area contributed by atoms with Gasteiger partial charge in [-0.15, -0.1) is 0 Å². The number of hydrazone groups is 2. The summed E-state index contributed by atoms with van der Waals surface area (Å²) in [5, 5.41) is 23.3. The predicted octanol–water partition coefficient (Wildman–Crippen LogP) is 6.77. The Morgan fingerprint density at radius 1 is 0.730 bits per heavy atom. The maximum Gasteiger partial charge on any atom is 0.300 e. The largest absolute Gasteiger partial charge is 0.483 e. The Morgan fingerprint density at radius 3 is 1.54 bits per heavy atom. The summed E-state index contributed by atoms with van der Waals surface area (Å²) in [5.74, 6) is 2.02. The fourth-order valence-corrected chi connectivity index (χ4v) is 9.09. The SMILES string of the molecule is CC(=O)O.Cc1cc2c(cc1NC1(C)CCC1)N1C(=NNC(=O)C1C)CO2.Cc1cc2c(cc1NC1(C)CN(C(c3ccccc3)c3ccccc3)C1)N1C(=NNC(=O)C1C)CO2. The van der Waals surface area contributed by atoms with Crippen LogP contribution >= 0.6 is 0 Å². The lowest BCUT2D eigenvalue weighted by Gasteiger charge is -2.52. The van der Waals surface area contributed by atoms with Crippen molar-refractivity contribution in [3.05, 3.63) is 107 Å². The van der Waals surface area contributed by atoms with Crippen molar-refractivity contribution in [2.45, 2.75) is 96.9 Å². The van der Waals surface area contributed by atoms with Crippen LogP contribution in [0.2, 0.25) is 0 Å². The molecule has 2 unspecified atom stereocenters. The van der Waals surface area contributed by atoms with Gasteiger partial charge in [0.2, 0.25) is 0 Å². The number of amidine groups is 2. The number of ether oxygens (including phenoxy) is 2. The predicted molar refractivity (Wildman–Crippen MR) is 246 cm³/mol. The molecule has 1 aliphatic carbocycles. The van der Waals surface area contributed by atoms with Crippen molar-refractivity contribution in [3.8, 4) is 11.5 Å². The van der Waals surface area contributed by atoms with Crippen LogP contribution in [-0.4, -0.2) is 88.9 Å². The molecule has 15 nitrogen and oxygen atoms in total. The van der Waals surface area contributed by atoms with Crippen molar-refractivity contribution in [2.24, 2.45) is 10.2 Å². The van der Waals surface area contributed by atoms with Gasteiger partial charge in [0.1, 0.15) is 36.8 Å². The maximum atomic E-state index is 12.3. The Kier molecular flexibility index (Phi) is 11.8. The lowest BCUT2D eigenvalue weighted by molar-refractivity contribution is -0.134. The van der Waals surface area contributed by atoms with Crippen LogP contribution in [-0.2, 0) is 14.4 Å². The summed E-state index contributed by atoms with van der Waals surface area (Å²) >= 11 is 0. The number of carboxylic acid groups (broad SMARTS) is 1. The maximum absolute atomic E-state index is 12.3. The minimum Gasteiger partial charge on any atom is -0.483 e. The Labute approximate surface area is 368 Å². The van der Waals surface area contributed by atoms with Crippen molar-refractivity contribution in [1.29, 1.82) is 0 Å². The van der Waals surface area contributed by atoms with Crippen LogP contribution in [0.5, 0.6) is 11.5 Å². The molecule has 2 atom stereocenters. The summed E-state index contributed by atoms with van der Waals surface area (Å²) in [7, 11) is 0. The Bertz CT molecular complexity index is 2410. The normalized spacial score (nSPS) is 21.0. The number of amides is 2. The molecule has 15 heteroatoms. The second-order valence-electron chi connectivity index (χ2n) is 17.8. The number of carbonyl (C=O) groups excluding carboxylic acids is 2. The molecular formula is C48H57N9O6. The van der Waals surface area contributed by atoms with Crippen LogP contribution in [0.3, 0.4) is 0 Å². The number of carboxylic acids is 1. The molecular weight excluding hydrogens is 799 g/mol. The first-order valence-electron chi connectivity index (χ1n) is 21.6. The van der Waals surface area contributed by atoms with E-state index in [-0.39, 0.29) is 41.0 Å². The molecule has 6 aliphatic rings. The van der Waals surface area contributed by atoms with E-state index in [4.69, 9.17) is 19.4 Å². The number of nitrogens with zero attached hydrogens (tertiary/aromatic N) is 5. The standard InChI is InChI=1S/C29H31N5O2.C17H22N4O2.C2H4O2/c1-19-14-25-24(34-20(2)28(35)32-31-26(34)16-36-25)15-23(19)30-29(3)17-33(18-29)27(21-10-6-4-7-11-21)22-12-8-5-9-13-22;1-10-7-14-13(8-12(10)18-17(3)5-4-6-17)21-11(2)16(22)20-19-15(21)9-23-14;1-2(3)4/h4-15,20,27,30H,16-18H2,1-3H3,(H,32,35);7-8,11,18H,4-6,9H2,1-3H3,(H,20,22);1H3,(H,3,4). The second-order valence-corrected chi connectivity index (χ2v) is 17.8. The van der Waals surface area contributed by atoms with Gasteiger partial charge in [-0.1, -0.05) is 60.7 Å². The molecule has 4 aromatic rings. The zero-order valence-electron chi connectivity index (χ0n) is 37.0. The molecule has 2 amide bonds. The van der Waals surface area contributed by atoms with Gasteiger partial charge in [0.15, 0.2) is 11.7 Å². The lowest BCUT2D eigenvalue weighted by atomic mass is 9.78. The van der Waals surface area contributed by atoms with E-state index in [9.17, 15) is 9.59 Å². The van der Waals surface area contributed by atoms with E-state index in [0.717, 1.165) is 77.1 Å². The highest BCUT2D eigenvalue weighted by molar-refractivity contribution is 6.10. The Hall–Kier alpha value is -6.61. The molecule has 5 N–H and O–H groups in total. The average Bonchev–Trinajstić information content (AvgIpc) is 3.23. The third-order valence-electron chi connectivity index (χ3n) is 12.6. The zero-order valence-corrected chi connectivity index (χ0v) is 37.0. The summed E-state index contributed by atoms with van der Waals surface area (Å²) in [6.07, 6.45) is 3.65. The molecule has 1 saturated carbocycles. The van der Waals surface area contributed by atoms with Crippen LogP contribution in [0.1, 0.15) is 82.2 Å². The number of hydrogen-bond donors (Lipinski definition) is 5. The third kappa shape index (κ3) is 8.87. The van der Waals surface area contributed by atoms with E-state index in [0.29, 0.717) is 13.2 Å². The summed E-state index contributed by atoms with van der Waals surface area (Å²) in [4.78, 5) is 39.8. The third-order valence-corrected chi connectivity index (χ3v) is 12.6. The number of hydrogen-bond acceptors (Lipinski definition) is 12. The Balaban J connectivity index is 0.000000173. The first kappa shape index (κ1) is 43.1. The van der Waals surface area contributed by atoms with Crippen molar-refractivity contribution in [1.82, 2.24) is 15.8 Å². The van der Waals surface area contributed by atoms with Crippen molar-refractivity contribution < 1.29 is 29.0 Å². The number of fused-ring (bicyclic) bond motifs is 6. The zero-order chi connectivity index (χ0) is 44.6. The van der Waals surface area contributed by atoms with Crippen LogP contribution in [0.4, 0.5) is 22.7 Å². The molecule has 5 heterocycles. The first-order chi connectivity index (χ1) is 30.1. The van der Waals surface area contributed by atoms with E-state index >= 15 is 0 Å². The van der Waals surface area contributed by atoms with E-state index in [2.05, 4.69) is 149 Å². The molecule has 0 spiro atoms. The van der Waals surface area contributed by atoms with Crippen LogP contribution in [0.15, 0.2) is 95.1 Å². The van der Waals surface area contributed by atoms with Crippen molar-refractivity contribution in [2.75, 3.05) is 46.7 Å². The van der Waals surface area contributed by atoms with E-state index in [1.54, 1.807) is 0 Å². The highest BCUT2D eigenvalue weighted by Crippen LogP contribution is 2.44. The number of aliphatic carboxylic acids is 1. The minimum absolute atomic E-state index is 0.0852.